The van der Waals surface area contributed by atoms with Gasteiger partial charge in [-0.2, -0.15) is 0 Å². The van der Waals surface area contributed by atoms with E-state index in [1.54, 1.807) is 12.4 Å². The Morgan fingerprint density at radius 1 is 1.36 bits per heavy atom. The largest absolute Gasteiger partial charge is 0.508 e. The number of aromatic hydroxyl groups is 2. The van der Waals surface area contributed by atoms with Gasteiger partial charge in [-0.3, -0.25) is 9.69 Å². The average Bonchev–Trinajstić information content (AvgIpc) is 2.92. The van der Waals surface area contributed by atoms with Crippen LogP contribution in [0.25, 0.3) is 0 Å². The maximum Gasteiger partial charge on any atom is 0.342 e. The van der Waals surface area contributed by atoms with Crippen LogP contribution in [0.2, 0.25) is 0 Å². The molecule has 0 aliphatic heterocycles. The normalized spacial score (nSPS) is 10.3. The van der Waals surface area contributed by atoms with Crippen LogP contribution in [0.4, 0.5) is 5.13 Å². The Hall–Kier alpha value is -2.61. The Kier molecular flexibility index (Phi) is 4.62. The zero-order valence-electron chi connectivity index (χ0n) is 11.9. The molecule has 1 amide bonds. The lowest BCUT2D eigenvalue weighted by Crippen LogP contribution is -2.22. The monoisotopic (exact) mass is 322 g/mol. The summed E-state index contributed by atoms with van der Waals surface area (Å²) >= 11 is 1.26. The number of aromatic nitrogens is 1. The van der Waals surface area contributed by atoms with Crippen molar-refractivity contribution in [2.45, 2.75) is 13.5 Å². The summed E-state index contributed by atoms with van der Waals surface area (Å²) in [5.41, 5.74) is 0.453. The van der Waals surface area contributed by atoms with Gasteiger partial charge in [0.15, 0.2) is 5.13 Å². The first-order valence-electron chi connectivity index (χ1n) is 6.26. The first-order chi connectivity index (χ1) is 10.4. The van der Waals surface area contributed by atoms with Crippen molar-refractivity contribution in [3.05, 3.63) is 34.8 Å². The van der Waals surface area contributed by atoms with Gasteiger partial charge in [0.25, 0.3) is 0 Å². The Morgan fingerprint density at radius 2 is 2.09 bits per heavy atom. The Labute approximate surface area is 130 Å². The number of phenols is 2. The number of benzene rings is 1. The van der Waals surface area contributed by atoms with E-state index in [4.69, 9.17) is 4.74 Å². The third-order valence-corrected chi connectivity index (χ3v) is 3.82. The highest BCUT2D eigenvalue weighted by Gasteiger charge is 2.15. The minimum atomic E-state index is -0.730. The van der Waals surface area contributed by atoms with Gasteiger partial charge in [-0.25, -0.2) is 9.78 Å². The van der Waals surface area contributed by atoms with Gasteiger partial charge >= 0.3 is 5.97 Å². The summed E-state index contributed by atoms with van der Waals surface area (Å²) in [6.45, 7) is 1.34. The molecule has 8 heteroatoms. The molecular weight excluding hydrogens is 308 g/mol. The van der Waals surface area contributed by atoms with Crippen molar-refractivity contribution in [1.29, 1.82) is 0 Å². The highest BCUT2D eigenvalue weighted by Crippen LogP contribution is 2.24. The summed E-state index contributed by atoms with van der Waals surface area (Å²) in [4.78, 5) is 28.6. The molecule has 2 aromatic rings. The van der Waals surface area contributed by atoms with E-state index in [-0.39, 0.29) is 29.6 Å². The topological polar surface area (TPSA) is 100.0 Å². The van der Waals surface area contributed by atoms with E-state index in [9.17, 15) is 19.8 Å². The molecule has 22 heavy (non-hydrogen) atoms. The Morgan fingerprint density at radius 3 is 2.73 bits per heavy atom. The van der Waals surface area contributed by atoms with Crippen molar-refractivity contribution in [1.82, 2.24) is 4.98 Å². The molecule has 116 valence electrons. The minimum Gasteiger partial charge on any atom is -0.508 e. The highest BCUT2D eigenvalue weighted by molar-refractivity contribution is 7.14. The predicted molar refractivity (Wildman–Crippen MR) is 80.1 cm³/mol. The average molecular weight is 322 g/mol. The fourth-order valence-electron chi connectivity index (χ4n) is 1.56. The zero-order valence-corrected chi connectivity index (χ0v) is 12.8. The predicted octanol–water partition coefficient (Wildman–Crippen LogP) is 1.89. The van der Waals surface area contributed by atoms with Gasteiger partial charge in [0.1, 0.15) is 23.7 Å². The van der Waals surface area contributed by atoms with Gasteiger partial charge in [-0.05, 0) is 12.1 Å². The smallest absolute Gasteiger partial charge is 0.342 e. The fraction of sp³-hybridized carbons (Fsp3) is 0.214. The van der Waals surface area contributed by atoms with Crippen molar-refractivity contribution >= 4 is 28.3 Å². The van der Waals surface area contributed by atoms with Crippen LogP contribution < -0.4 is 4.90 Å². The van der Waals surface area contributed by atoms with E-state index in [0.717, 1.165) is 6.07 Å². The van der Waals surface area contributed by atoms with Gasteiger partial charge in [0, 0.05) is 25.4 Å². The number of hydrogen-bond acceptors (Lipinski definition) is 7. The van der Waals surface area contributed by atoms with E-state index in [1.165, 1.54) is 35.3 Å². The van der Waals surface area contributed by atoms with Crippen LogP contribution in [0.5, 0.6) is 11.5 Å². The molecule has 0 unspecified atom stereocenters. The molecular formula is C14H14N2O5S. The molecule has 2 N–H and O–H groups in total. The molecule has 0 atom stereocenters. The van der Waals surface area contributed by atoms with E-state index >= 15 is 0 Å². The van der Waals surface area contributed by atoms with Gasteiger partial charge in [0.2, 0.25) is 5.91 Å². The van der Waals surface area contributed by atoms with Crippen molar-refractivity contribution in [3.8, 4) is 11.5 Å². The van der Waals surface area contributed by atoms with Gasteiger partial charge in [-0.1, -0.05) is 0 Å². The van der Waals surface area contributed by atoms with Gasteiger partial charge in [0.05, 0.1) is 5.69 Å². The van der Waals surface area contributed by atoms with Crippen LogP contribution in [0.15, 0.2) is 23.6 Å². The molecule has 0 saturated heterocycles. The number of thiazole rings is 1. The molecule has 0 spiro atoms. The summed E-state index contributed by atoms with van der Waals surface area (Å²) in [6.07, 6.45) is 0. The zero-order chi connectivity index (χ0) is 16.3. The molecule has 0 bridgehead atoms. The summed E-state index contributed by atoms with van der Waals surface area (Å²) in [5.74, 6) is -1.38. The summed E-state index contributed by atoms with van der Waals surface area (Å²) in [5, 5.41) is 20.9. The Balaban J connectivity index is 2.01. The number of esters is 1. The fourth-order valence-corrected chi connectivity index (χ4v) is 2.38. The SMILES string of the molecule is CC(=O)N(C)c1nc(COC(=O)c2ccc(O)cc2O)cs1. The van der Waals surface area contributed by atoms with Crippen LogP contribution in [0, 0.1) is 0 Å². The number of rotatable bonds is 4. The number of carbonyl (C=O) groups excluding carboxylic acids is 2. The number of carbonyl (C=O) groups is 2. The lowest BCUT2D eigenvalue weighted by atomic mass is 10.2. The maximum absolute atomic E-state index is 11.8. The van der Waals surface area contributed by atoms with Crippen LogP contribution in [0.3, 0.4) is 0 Å². The number of ether oxygens (including phenoxy) is 1. The minimum absolute atomic E-state index is 0.0471. The molecule has 7 nitrogen and oxygen atoms in total. The summed E-state index contributed by atoms with van der Waals surface area (Å²) in [7, 11) is 1.60. The molecule has 0 saturated carbocycles. The number of phenolic OH excluding ortho intramolecular Hbond substituents is 2. The second-order valence-corrected chi connectivity index (χ2v) is 5.31. The highest BCUT2D eigenvalue weighted by atomic mass is 32.1. The quantitative estimate of drug-likeness (QED) is 0.834. The maximum atomic E-state index is 11.8. The van der Waals surface area contributed by atoms with E-state index < -0.39 is 5.97 Å². The molecule has 1 aromatic heterocycles. The first-order valence-corrected chi connectivity index (χ1v) is 7.14. The molecule has 2 rings (SSSR count). The number of nitrogens with zero attached hydrogens (tertiary/aromatic N) is 2. The number of hydrogen-bond donors (Lipinski definition) is 2. The standard InChI is InChI=1S/C14H14N2O5S/c1-8(17)16(2)14-15-9(7-22-14)6-21-13(20)11-4-3-10(18)5-12(11)19/h3-5,7,18-19H,6H2,1-2H3. The third-order valence-electron chi connectivity index (χ3n) is 2.85. The first kappa shape index (κ1) is 15.8. The van der Waals surface area contributed by atoms with Gasteiger partial charge < -0.3 is 14.9 Å². The lowest BCUT2D eigenvalue weighted by molar-refractivity contribution is -0.116. The second kappa shape index (κ2) is 6.44. The molecule has 1 aromatic carbocycles. The van der Waals surface area contributed by atoms with Crippen LogP contribution in [0.1, 0.15) is 23.0 Å². The summed E-state index contributed by atoms with van der Waals surface area (Å²) in [6, 6.07) is 3.60. The van der Waals surface area contributed by atoms with Crippen molar-refractivity contribution < 1.29 is 24.5 Å². The molecule has 0 radical (unpaired) electrons. The van der Waals surface area contributed by atoms with Crippen molar-refractivity contribution in [3.63, 3.8) is 0 Å². The molecule has 0 aliphatic carbocycles. The second-order valence-electron chi connectivity index (χ2n) is 4.48. The van der Waals surface area contributed by atoms with E-state index in [2.05, 4.69) is 4.98 Å². The van der Waals surface area contributed by atoms with Crippen LogP contribution >= 0.6 is 11.3 Å². The van der Waals surface area contributed by atoms with E-state index in [0.29, 0.717) is 10.8 Å². The van der Waals surface area contributed by atoms with Crippen molar-refractivity contribution in [2.24, 2.45) is 0 Å². The van der Waals surface area contributed by atoms with Gasteiger partial charge in [-0.15, -0.1) is 11.3 Å². The Bertz CT molecular complexity index is 713. The van der Waals surface area contributed by atoms with Crippen LogP contribution in [-0.2, 0) is 16.1 Å². The molecule has 0 fully saturated rings. The van der Waals surface area contributed by atoms with Crippen molar-refractivity contribution in [2.75, 3.05) is 11.9 Å². The van der Waals surface area contributed by atoms with E-state index in [1.807, 2.05) is 0 Å². The number of amides is 1. The summed E-state index contributed by atoms with van der Waals surface area (Å²) < 4.78 is 5.05. The number of anilines is 1. The lowest BCUT2D eigenvalue weighted by Gasteiger charge is -2.09. The van der Waals surface area contributed by atoms with Crippen LogP contribution in [-0.4, -0.2) is 34.1 Å². The molecule has 0 aliphatic rings. The third kappa shape index (κ3) is 3.53. The molecule has 1 heterocycles.